The predicted octanol–water partition coefficient (Wildman–Crippen LogP) is 3.55. The third-order valence-electron chi connectivity index (χ3n) is 2.62. The van der Waals surface area contributed by atoms with Gasteiger partial charge in [-0.1, -0.05) is 0 Å². The number of halogens is 5. The van der Waals surface area contributed by atoms with Crippen molar-refractivity contribution in [2.75, 3.05) is 14.2 Å². The molecule has 0 saturated carbocycles. The molecule has 0 unspecified atom stereocenters. The molecule has 0 aliphatic heterocycles. The fourth-order valence-electron chi connectivity index (χ4n) is 1.81. The van der Waals surface area contributed by atoms with Crippen molar-refractivity contribution < 1.29 is 31.4 Å². The molecule has 0 atom stereocenters. The van der Waals surface area contributed by atoms with E-state index in [1.165, 1.54) is 0 Å². The highest BCUT2D eigenvalue weighted by Gasteiger charge is 2.27. The second kappa shape index (κ2) is 4.56. The van der Waals surface area contributed by atoms with Gasteiger partial charge in [-0.3, -0.25) is 0 Å². The van der Waals surface area contributed by atoms with E-state index in [9.17, 15) is 22.0 Å². The van der Waals surface area contributed by atoms with E-state index in [1.54, 1.807) is 0 Å². The minimum absolute atomic E-state index is 0.131. The molecular formula is C12H7F5O2. The van der Waals surface area contributed by atoms with Crippen LogP contribution in [0.2, 0.25) is 0 Å². The Morgan fingerprint density at radius 1 is 0.684 bits per heavy atom. The van der Waals surface area contributed by atoms with Crippen LogP contribution in [-0.4, -0.2) is 14.2 Å². The standard InChI is InChI=1S/C12H7F5O2/c1-18-11-9(16)6-4(13)3-5(14)8(15)7(6)10(17)12(11)19-2/h3H,1-2H3. The summed E-state index contributed by atoms with van der Waals surface area (Å²) < 4.78 is 77.1. The molecule has 0 aliphatic carbocycles. The van der Waals surface area contributed by atoms with E-state index >= 15 is 0 Å². The zero-order chi connectivity index (χ0) is 14.3. The first-order valence-corrected chi connectivity index (χ1v) is 5.00. The van der Waals surface area contributed by atoms with E-state index in [1.807, 2.05) is 0 Å². The number of hydrogen-bond acceptors (Lipinski definition) is 2. The molecule has 2 aromatic rings. The zero-order valence-corrected chi connectivity index (χ0v) is 9.78. The van der Waals surface area contributed by atoms with Crippen LogP contribution in [0.15, 0.2) is 6.07 Å². The summed E-state index contributed by atoms with van der Waals surface area (Å²) in [6, 6.07) is 0.131. The second-order valence-electron chi connectivity index (χ2n) is 3.60. The highest BCUT2D eigenvalue weighted by Crippen LogP contribution is 2.41. The van der Waals surface area contributed by atoms with E-state index in [4.69, 9.17) is 0 Å². The normalized spacial score (nSPS) is 10.9. The predicted molar refractivity (Wildman–Crippen MR) is 56.8 cm³/mol. The van der Waals surface area contributed by atoms with Crippen LogP contribution in [0, 0.1) is 29.1 Å². The molecule has 0 radical (unpaired) electrons. The van der Waals surface area contributed by atoms with Crippen LogP contribution in [0.25, 0.3) is 10.8 Å². The lowest BCUT2D eigenvalue weighted by molar-refractivity contribution is 0.324. The third-order valence-corrected chi connectivity index (χ3v) is 2.62. The van der Waals surface area contributed by atoms with Crippen LogP contribution in [0.3, 0.4) is 0 Å². The summed E-state index contributed by atoms with van der Waals surface area (Å²) in [7, 11) is 1.99. The van der Waals surface area contributed by atoms with Gasteiger partial charge in [0.1, 0.15) is 5.82 Å². The van der Waals surface area contributed by atoms with Crippen molar-refractivity contribution >= 4 is 10.8 Å². The third kappa shape index (κ3) is 1.76. The summed E-state index contributed by atoms with van der Waals surface area (Å²) in [6.45, 7) is 0. The Morgan fingerprint density at radius 2 is 1.16 bits per heavy atom. The first-order chi connectivity index (χ1) is 8.93. The fraction of sp³-hybridized carbons (Fsp3) is 0.167. The molecule has 0 N–H and O–H groups in total. The molecule has 19 heavy (non-hydrogen) atoms. The van der Waals surface area contributed by atoms with Crippen LogP contribution in [0.5, 0.6) is 11.5 Å². The van der Waals surface area contributed by atoms with Gasteiger partial charge in [0, 0.05) is 6.07 Å². The Labute approximate surface area is 104 Å². The Morgan fingerprint density at radius 3 is 1.63 bits per heavy atom. The van der Waals surface area contributed by atoms with Gasteiger partial charge in [0.25, 0.3) is 0 Å². The van der Waals surface area contributed by atoms with Crippen LogP contribution in [0.1, 0.15) is 0 Å². The van der Waals surface area contributed by atoms with Crippen LogP contribution in [-0.2, 0) is 0 Å². The molecule has 2 nitrogen and oxygen atoms in total. The van der Waals surface area contributed by atoms with Crippen molar-refractivity contribution in [3.8, 4) is 11.5 Å². The molecular weight excluding hydrogens is 271 g/mol. The summed E-state index contributed by atoms with van der Waals surface area (Å²) in [5, 5.41) is -2.19. The van der Waals surface area contributed by atoms with Gasteiger partial charge in [0.05, 0.1) is 25.0 Å². The average molecular weight is 278 g/mol. The number of fused-ring (bicyclic) bond motifs is 1. The van der Waals surface area contributed by atoms with Gasteiger partial charge < -0.3 is 9.47 Å². The molecule has 102 valence electrons. The van der Waals surface area contributed by atoms with E-state index in [0.717, 1.165) is 14.2 Å². The number of rotatable bonds is 2. The molecule has 0 saturated heterocycles. The molecule has 0 amide bonds. The smallest absolute Gasteiger partial charge is 0.200 e. The van der Waals surface area contributed by atoms with E-state index in [-0.39, 0.29) is 6.07 Å². The lowest BCUT2D eigenvalue weighted by atomic mass is 10.1. The van der Waals surface area contributed by atoms with Crippen molar-refractivity contribution in [3.63, 3.8) is 0 Å². The van der Waals surface area contributed by atoms with Gasteiger partial charge in [0.15, 0.2) is 23.3 Å². The Bertz CT molecular complexity index is 669. The zero-order valence-electron chi connectivity index (χ0n) is 9.78. The van der Waals surface area contributed by atoms with Gasteiger partial charge in [-0.25, -0.2) is 22.0 Å². The molecule has 0 spiro atoms. The van der Waals surface area contributed by atoms with Crippen molar-refractivity contribution in [2.45, 2.75) is 0 Å². The maximum atomic E-state index is 14.0. The first kappa shape index (κ1) is 13.4. The van der Waals surface area contributed by atoms with Crippen LogP contribution >= 0.6 is 0 Å². The quantitative estimate of drug-likeness (QED) is 0.617. The Balaban J connectivity index is 3.11. The monoisotopic (exact) mass is 278 g/mol. The van der Waals surface area contributed by atoms with Gasteiger partial charge in [-0.15, -0.1) is 0 Å². The Hall–Kier alpha value is -2.05. The number of ether oxygens (including phenoxy) is 2. The largest absolute Gasteiger partial charge is 0.490 e. The average Bonchev–Trinajstić information content (AvgIpc) is 2.37. The van der Waals surface area contributed by atoms with Gasteiger partial charge in [-0.2, -0.15) is 0 Å². The lowest BCUT2D eigenvalue weighted by Crippen LogP contribution is -2.03. The second-order valence-corrected chi connectivity index (χ2v) is 3.60. The first-order valence-electron chi connectivity index (χ1n) is 5.00. The van der Waals surface area contributed by atoms with E-state index < -0.39 is 51.4 Å². The topological polar surface area (TPSA) is 18.5 Å². The van der Waals surface area contributed by atoms with Crippen molar-refractivity contribution in [1.82, 2.24) is 0 Å². The fourth-order valence-corrected chi connectivity index (χ4v) is 1.81. The highest BCUT2D eigenvalue weighted by atomic mass is 19.2. The van der Waals surface area contributed by atoms with Crippen molar-refractivity contribution in [2.24, 2.45) is 0 Å². The summed E-state index contributed by atoms with van der Waals surface area (Å²) in [4.78, 5) is 0. The summed E-state index contributed by atoms with van der Waals surface area (Å²) >= 11 is 0. The van der Waals surface area contributed by atoms with E-state index in [0.29, 0.717) is 0 Å². The maximum Gasteiger partial charge on any atom is 0.200 e. The SMILES string of the molecule is COc1c(OC)c(F)c2c(F)c(F)cc(F)c2c1F. The molecule has 7 heteroatoms. The maximum absolute atomic E-state index is 14.0. The molecule has 0 aromatic heterocycles. The number of hydrogen-bond donors (Lipinski definition) is 0. The van der Waals surface area contributed by atoms with Crippen molar-refractivity contribution in [3.05, 3.63) is 35.2 Å². The molecule has 2 aromatic carbocycles. The molecule has 0 heterocycles. The molecule has 0 fully saturated rings. The molecule has 2 rings (SSSR count). The van der Waals surface area contributed by atoms with Gasteiger partial charge >= 0.3 is 0 Å². The lowest BCUT2D eigenvalue weighted by Gasteiger charge is -2.13. The van der Waals surface area contributed by atoms with Gasteiger partial charge in [0.2, 0.25) is 11.5 Å². The molecule has 0 bridgehead atoms. The minimum atomic E-state index is -1.70. The van der Waals surface area contributed by atoms with E-state index in [2.05, 4.69) is 9.47 Å². The van der Waals surface area contributed by atoms with Crippen LogP contribution in [0.4, 0.5) is 22.0 Å². The Kier molecular flexibility index (Phi) is 3.21. The highest BCUT2D eigenvalue weighted by molar-refractivity contribution is 5.89. The number of benzene rings is 2. The number of methoxy groups -OCH3 is 2. The van der Waals surface area contributed by atoms with Crippen molar-refractivity contribution in [1.29, 1.82) is 0 Å². The molecule has 0 aliphatic rings. The summed E-state index contributed by atoms with van der Waals surface area (Å²) in [6.07, 6.45) is 0. The minimum Gasteiger partial charge on any atom is -0.490 e. The van der Waals surface area contributed by atoms with Crippen LogP contribution < -0.4 is 9.47 Å². The van der Waals surface area contributed by atoms with Gasteiger partial charge in [-0.05, 0) is 0 Å². The summed E-state index contributed by atoms with van der Waals surface area (Å²) in [5.41, 5.74) is 0. The summed E-state index contributed by atoms with van der Waals surface area (Å²) in [5.74, 6) is -9.07.